The fraction of sp³-hybridized carbons (Fsp3) is 0.143. The van der Waals surface area contributed by atoms with Crippen molar-refractivity contribution in [3.63, 3.8) is 0 Å². The number of aromatic carboxylic acids is 1. The standard InChI is InChI=1S/C21H17ClF2N4O2S/c1-10(2)27-9-11(8-26-27)28-18-13(6-7-14(22)17(18)24)19(20(28)25)31-15-5-3-4-12(16(15)23)21(29)30/h3-10H,25H2,1-2H3,(H,29,30). The molecule has 0 fully saturated rings. The number of carboxylic acids is 1. The summed E-state index contributed by atoms with van der Waals surface area (Å²) in [6.45, 7) is 3.90. The van der Waals surface area contributed by atoms with Gasteiger partial charge in [0.05, 0.1) is 32.9 Å². The van der Waals surface area contributed by atoms with E-state index < -0.39 is 23.2 Å². The molecule has 3 N–H and O–H groups in total. The van der Waals surface area contributed by atoms with Gasteiger partial charge in [0.25, 0.3) is 0 Å². The van der Waals surface area contributed by atoms with Crippen molar-refractivity contribution in [3.05, 3.63) is 64.9 Å². The van der Waals surface area contributed by atoms with Crippen LogP contribution in [-0.2, 0) is 0 Å². The molecule has 0 aliphatic heterocycles. The van der Waals surface area contributed by atoms with Crippen molar-refractivity contribution in [1.29, 1.82) is 0 Å². The first-order valence-corrected chi connectivity index (χ1v) is 10.4. The Morgan fingerprint density at radius 1 is 1.23 bits per heavy atom. The van der Waals surface area contributed by atoms with E-state index in [2.05, 4.69) is 5.10 Å². The highest BCUT2D eigenvalue weighted by Crippen LogP contribution is 2.44. The lowest BCUT2D eigenvalue weighted by Crippen LogP contribution is -2.03. The summed E-state index contributed by atoms with van der Waals surface area (Å²) in [4.78, 5) is 11.7. The average Bonchev–Trinajstić information content (AvgIpc) is 3.30. The van der Waals surface area contributed by atoms with Crippen LogP contribution in [0.3, 0.4) is 0 Å². The summed E-state index contributed by atoms with van der Waals surface area (Å²) in [5.41, 5.74) is 6.59. The molecule has 160 valence electrons. The number of hydrogen-bond donors (Lipinski definition) is 2. The summed E-state index contributed by atoms with van der Waals surface area (Å²) in [6.07, 6.45) is 3.27. The second kappa shape index (κ2) is 7.90. The summed E-state index contributed by atoms with van der Waals surface area (Å²) in [5.74, 6) is -2.78. The first-order chi connectivity index (χ1) is 14.7. The average molecular weight is 463 g/mol. The summed E-state index contributed by atoms with van der Waals surface area (Å²) < 4.78 is 33.0. The maximum atomic E-state index is 15.1. The monoisotopic (exact) mass is 462 g/mol. The zero-order valence-electron chi connectivity index (χ0n) is 16.4. The maximum Gasteiger partial charge on any atom is 0.338 e. The Labute approximate surface area is 185 Å². The number of nitrogens with zero attached hydrogens (tertiary/aromatic N) is 3. The van der Waals surface area contributed by atoms with Gasteiger partial charge in [-0.15, -0.1) is 0 Å². The van der Waals surface area contributed by atoms with Gasteiger partial charge >= 0.3 is 5.97 Å². The third kappa shape index (κ3) is 3.53. The van der Waals surface area contributed by atoms with E-state index in [-0.39, 0.29) is 27.3 Å². The van der Waals surface area contributed by atoms with Gasteiger partial charge in [-0.1, -0.05) is 29.4 Å². The van der Waals surface area contributed by atoms with Crippen molar-refractivity contribution in [2.75, 3.05) is 5.73 Å². The van der Waals surface area contributed by atoms with Crippen LogP contribution in [-0.4, -0.2) is 25.4 Å². The molecule has 10 heteroatoms. The molecular weight excluding hydrogens is 446 g/mol. The van der Waals surface area contributed by atoms with Crippen LogP contribution in [0.25, 0.3) is 16.6 Å². The molecule has 6 nitrogen and oxygen atoms in total. The zero-order chi connectivity index (χ0) is 22.4. The van der Waals surface area contributed by atoms with Crippen molar-refractivity contribution < 1.29 is 18.7 Å². The second-order valence-corrected chi connectivity index (χ2v) is 8.56. The van der Waals surface area contributed by atoms with E-state index in [4.69, 9.17) is 17.3 Å². The van der Waals surface area contributed by atoms with E-state index in [0.717, 1.165) is 11.8 Å². The van der Waals surface area contributed by atoms with Gasteiger partial charge in [0.1, 0.15) is 5.82 Å². The Morgan fingerprint density at radius 2 is 1.97 bits per heavy atom. The number of nitrogen functional groups attached to an aromatic ring is 1. The van der Waals surface area contributed by atoms with Gasteiger partial charge in [0.15, 0.2) is 11.6 Å². The maximum absolute atomic E-state index is 15.1. The van der Waals surface area contributed by atoms with E-state index >= 15 is 4.39 Å². The van der Waals surface area contributed by atoms with Crippen molar-refractivity contribution in [3.8, 4) is 5.69 Å². The smallest absolute Gasteiger partial charge is 0.338 e. The van der Waals surface area contributed by atoms with Crippen LogP contribution in [0.15, 0.2) is 52.5 Å². The number of benzene rings is 2. The third-order valence-electron chi connectivity index (χ3n) is 4.79. The third-order valence-corrected chi connectivity index (χ3v) is 6.25. The van der Waals surface area contributed by atoms with Gasteiger partial charge in [-0.3, -0.25) is 9.25 Å². The van der Waals surface area contributed by atoms with Crippen molar-refractivity contribution in [2.24, 2.45) is 0 Å². The number of aromatic nitrogens is 3. The number of nitrogens with two attached hydrogens (primary N) is 1. The number of carboxylic acid groups (broad SMARTS) is 1. The van der Waals surface area contributed by atoms with E-state index in [9.17, 15) is 14.3 Å². The highest BCUT2D eigenvalue weighted by Gasteiger charge is 2.24. The number of hydrogen-bond acceptors (Lipinski definition) is 4. The molecule has 0 saturated heterocycles. The molecule has 2 heterocycles. The molecule has 4 aromatic rings. The first kappa shape index (κ1) is 21.2. The molecule has 0 spiro atoms. The van der Waals surface area contributed by atoms with Crippen molar-refractivity contribution in [2.45, 2.75) is 29.7 Å². The van der Waals surface area contributed by atoms with E-state index in [1.165, 1.54) is 28.8 Å². The minimum absolute atomic E-state index is 0.0545. The Morgan fingerprint density at radius 3 is 2.61 bits per heavy atom. The van der Waals surface area contributed by atoms with Crippen LogP contribution in [0.2, 0.25) is 5.02 Å². The van der Waals surface area contributed by atoms with Gasteiger partial charge in [-0.2, -0.15) is 5.10 Å². The molecule has 0 atom stereocenters. The highest BCUT2D eigenvalue weighted by atomic mass is 35.5. The van der Waals surface area contributed by atoms with Crippen LogP contribution < -0.4 is 5.73 Å². The zero-order valence-corrected chi connectivity index (χ0v) is 18.0. The molecule has 0 radical (unpaired) electrons. The van der Waals surface area contributed by atoms with Gasteiger partial charge < -0.3 is 10.8 Å². The molecule has 4 rings (SSSR count). The van der Waals surface area contributed by atoms with E-state index in [1.54, 1.807) is 23.1 Å². The first-order valence-electron chi connectivity index (χ1n) is 9.22. The molecule has 0 unspecified atom stereocenters. The molecule has 0 aliphatic rings. The molecule has 0 bridgehead atoms. The highest BCUT2D eigenvalue weighted by molar-refractivity contribution is 7.99. The Balaban J connectivity index is 1.95. The minimum atomic E-state index is -1.38. The molecule has 2 aromatic heterocycles. The van der Waals surface area contributed by atoms with Crippen molar-refractivity contribution in [1.82, 2.24) is 14.3 Å². The molecule has 0 aliphatic carbocycles. The predicted molar refractivity (Wildman–Crippen MR) is 116 cm³/mol. The Hall–Kier alpha value is -3.04. The predicted octanol–water partition coefficient (Wildman–Crippen LogP) is 5.77. The lowest BCUT2D eigenvalue weighted by atomic mass is 10.2. The van der Waals surface area contributed by atoms with Crippen LogP contribution >= 0.6 is 23.4 Å². The number of halogens is 3. The summed E-state index contributed by atoms with van der Waals surface area (Å²) in [5, 5.41) is 13.8. The van der Waals surface area contributed by atoms with Crippen LogP contribution in [0, 0.1) is 11.6 Å². The molecule has 2 aromatic carbocycles. The van der Waals surface area contributed by atoms with Crippen LogP contribution in [0.1, 0.15) is 30.2 Å². The molecule has 31 heavy (non-hydrogen) atoms. The lowest BCUT2D eigenvalue weighted by molar-refractivity contribution is 0.0691. The normalized spacial score (nSPS) is 11.5. The minimum Gasteiger partial charge on any atom is -0.478 e. The van der Waals surface area contributed by atoms with Crippen LogP contribution in [0.4, 0.5) is 14.6 Å². The Bertz CT molecular complexity index is 1330. The number of anilines is 1. The largest absolute Gasteiger partial charge is 0.478 e. The van der Waals surface area contributed by atoms with Crippen molar-refractivity contribution >= 4 is 46.1 Å². The summed E-state index contributed by atoms with van der Waals surface area (Å²) in [6, 6.07) is 7.13. The molecule has 0 amide bonds. The topological polar surface area (TPSA) is 86.1 Å². The molecule has 0 saturated carbocycles. The lowest BCUT2D eigenvalue weighted by Gasteiger charge is -2.08. The van der Waals surface area contributed by atoms with E-state index in [0.29, 0.717) is 16.0 Å². The number of carbonyl (C=O) groups is 1. The van der Waals surface area contributed by atoms with Gasteiger partial charge in [-0.05, 0) is 38.1 Å². The Kier molecular flexibility index (Phi) is 5.40. The second-order valence-electron chi connectivity index (χ2n) is 7.10. The quantitative estimate of drug-likeness (QED) is 0.393. The van der Waals surface area contributed by atoms with E-state index in [1.807, 2.05) is 13.8 Å². The summed E-state index contributed by atoms with van der Waals surface area (Å²) >= 11 is 6.95. The fourth-order valence-corrected chi connectivity index (χ4v) is 4.46. The number of rotatable bonds is 5. The van der Waals surface area contributed by atoms with Crippen LogP contribution in [0.5, 0.6) is 0 Å². The van der Waals surface area contributed by atoms with Gasteiger partial charge in [0, 0.05) is 22.5 Å². The fourth-order valence-electron chi connectivity index (χ4n) is 3.27. The number of fused-ring (bicyclic) bond motifs is 1. The van der Waals surface area contributed by atoms with Gasteiger partial charge in [-0.25, -0.2) is 13.6 Å². The SMILES string of the molecule is CC(C)n1cc(-n2c(N)c(Sc3cccc(C(=O)O)c3F)c3ccc(Cl)c(F)c32)cn1. The summed E-state index contributed by atoms with van der Waals surface area (Å²) in [7, 11) is 0. The van der Waals surface area contributed by atoms with Gasteiger partial charge in [0.2, 0.25) is 0 Å². The molecular formula is C21H17ClF2N4O2S.